The Balaban J connectivity index is 0.00000370. The number of rotatable bonds is 12. The number of nitrogens with zero attached hydrogens (tertiary/aromatic N) is 2. The third-order valence-electron chi connectivity index (χ3n) is 6.58. The second-order valence-corrected chi connectivity index (χ2v) is 9.50. The molecule has 206 valence electrons. The highest BCUT2D eigenvalue weighted by Crippen LogP contribution is 2.24. The van der Waals surface area contributed by atoms with E-state index in [1.54, 1.807) is 0 Å². The molecular formula is C35H38N2O3. The first kappa shape index (κ1) is 28.7. The molecule has 0 bridgehead atoms. The summed E-state index contributed by atoms with van der Waals surface area (Å²) in [6.07, 6.45) is 0.692. The summed E-state index contributed by atoms with van der Waals surface area (Å²) in [4.78, 5) is 7.10. The van der Waals surface area contributed by atoms with Crippen LogP contribution in [0.2, 0.25) is 0 Å². The molecule has 5 rings (SSSR count). The minimum atomic E-state index is 0. The molecule has 5 heteroatoms. The molecule has 0 unspecified atom stereocenters. The fourth-order valence-corrected chi connectivity index (χ4v) is 4.45. The zero-order valence-corrected chi connectivity index (χ0v) is 22.5. The topological polar surface area (TPSA) is 47.7 Å². The third kappa shape index (κ3) is 7.84. The van der Waals surface area contributed by atoms with Gasteiger partial charge in [-0.25, -0.2) is 4.98 Å². The lowest BCUT2D eigenvalue weighted by molar-refractivity contribution is 0.270. The van der Waals surface area contributed by atoms with Crippen molar-refractivity contribution in [3.8, 4) is 28.7 Å². The Kier molecular flexibility index (Phi) is 10.1. The van der Waals surface area contributed by atoms with Crippen molar-refractivity contribution in [2.24, 2.45) is 0 Å². The molecular weight excluding hydrogens is 496 g/mol. The standard InChI is InChI=1S/C34H34N2O3.CH4/c1-3-36(24-27-17-19-31(20-18-27)39-30-14-8-5-9-15-30)25-28-11-10-16-32(23-28)37-22-21-33-26(2)38-34(35-33)29-12-6-4-7-13-29;/h4-20,23H,3,21-22,24-25H2,1-2H3;1H4. The van der Waals surface area contributed by atoms with Gasteiger partial charge in [-0.1, -0.05) is 75.0 Å². The Hall–Kier alpha value is -4.35. The van der Waals surface area contributed by atoms with Crippen LogP contribution in [-0.2, 0) is 19.5 Å². The number of benzene rings is 4. The van der Waals surface area contributed by atoms with Gasteiger partial charge in [0, 0.05) is 25.1 Å². The molecule has 1 heterocycles. The first-order valence-electron chi connectivity index (χ1n) is 13.4. The molecule has 40 heavy (non-hydrogen) atoms. The van der Waals surface area contributed by atoms with E-state index >= 15 is 0 Å². The summed E-state index contributed by atoms with van der Waals surface area (Å²) < 4.78 is 17.9. The number of para-hydroxylation sites is 1. The lowest BCUT2D eigenvalue weighted by Gasteiger charge is -2.21. The average molecular weight is 535 g/mol. The van der Waals surface area contributed by atoms with Crippen LogP contribution in [0, 0.1) is 6.92 Å². The number of aryl methyl sites for hydroxylation is 1. The molecule has 5 nitrogen and oxygen atoms in total. The quantitative estimate of drug-likeness (QED) is 0.160. The van der Waals surface area contributed by atoms with Gasteiger partial charge in [0.1, 0.15) is 23.0 Å². The van der Waals surface area contributed by atoms with Crippen LogP contribution in [0.25, 0.3) is 11.5 Å². The van der Waals surface area contributed by atoms with Gasteiger partial charge in [0.15, 0.2) is 0 Å². The van der Waals surface area contributed by atoms with Gasteiger partial charge in [-0.3, -0.25) is 4.90 Å². The van der Waals surface area contributed by atoms with Crippen molar-refractivity contribution in [3.63, 3.8) is 0 Å². The number of hydrogen-bond donors (Lipinski definition) is 0. The highest BCUT2D eigenvalue weighted by atomic mass is 16.5. The van der Waals surface area contributed by atoms with Crippen LogP contribution < -0.4 is 9.47 Å². The maximum absolute atomic E-state index is 6.10. The maximum atomic E-state index is 6.10. The van der Waals surface area contributed by atoms with Crippen molar-refractivity contribution in [3.05, 3.63) is 132 Å². The SMILES string of the molecule is C.CCN(Cc1ccc(Oc2ccccc2)cc1)Cc1cccc(OCCc2nc(-c3ccccc3)oc2C)c1. The van der Waals surface area contributed by atoms with Gasteiger partial charge < -0.3 is 13.9 Å². The zero-order chi connectivity index (χ0) is 26.9. The molecule has 1 aromatic heterocycles. The van der Waals surface area contributed by atoms with Crippen LogP contribution in [-0.4, -0.2) is 23.0 Å². The van der Waals surface area contributed by atoms with E-state index in [0.717, 1.165) is 53.9 Å². The first-order valence-corrected chi connectivity index (χ1v) is 13.4. The second-order valence-electron chi connectivity index (χ2n) is 9.50. The van der Waals surface area contributed by atoms with E-state index in [9.17, 15) is 0 Å². The Morgan fingerprint density at radius 2 is 1.38 bits per heavy atom. The average Bonchev–Trinajstić information content (AvgIpc) is 3.35. The monoisotopic (exact) mass is 534 g/mol. The smallest absolute Gasteiger partial charge is 0.226 e. The van der Waals surface area contributed by atoms with E-state index < -0.39 is 0 Å². The van der Waals surface area contributed by atoms with E-state index in [0.29, 0.717) is 18.9 Å². The highest BCUT2D eigenvalue weighted by molar-refractivity contribution is 5.53. The number of aromatic nitrogens is 1. The Morgan fingerprint density at radius 1 is 0.725 bits per heavy atom. The molecule has 0 aliphatic rings. The maximum Gasteiger partial charge on any atom is 0.226 e. The Labute approximate surface area is 238 Å². The summed E-state index contributed by atoms with van der Waals surface area (Å²) >= 11 is 0. The van der Waals surface area contributed by atoms with Crippen LogP contribution in [0.4, 0.5) is 0 Å². The van der Waals surface area contributed by atoms with E-state index in [1.165, 1.54) is 11.1 Å². The molecule has 0 aliphatic carbocycles. The fourth-order valence-electron chi connectivity index (χ4n) is 4.45. The molecule has 0 saturated heterocycles. The summed E-state index contributed by atoms with van der Waals surface area (Å²) in [5, 5.41) is 0. The molecule has 0 spiro atoms. The summed E-state index contributed by atoms with van der Waals surface area (Å²) in [5.41, 5.74) is 4.39. The number of oxazole rings is 1. The van der Waals surface area contributed by atoms with Crippen LogP contribution in [0.3, 0.4) is 0 Å². The van der Waals surface area contributed by atoms with Crippen molar-refractivity contribution in [1.82, 2.24) is 9.88 Å². The molecule has 4 aromatic carbocycles. The minimum absolute atomic E-state index is 0. The number of ether oxygens (including phenoxy) is 2. The van der Waals surface area contributed by atoms with E-state index in [4.69, 9.17) is 13.9 Å². The van der Waals surface area contributed by atoms with E-state index in [1.807, 2.05) is 85.8 Å². The van der Waals surface area contributed by atoms with Crippen molar-refractivity contribution in [2.75, 3.05) is 13.2 Å². The molecule has 0 amide bonds. The number of hydrogen-bond acceptors (Lipinski definition) is 5. The van der Waals surface area contributed by atoms with Crippen molar-refractivity contribution in [1.29, 1.82) is 0 Å². The molecule has 0 radical (unpaired) electrons. The van der Waals surface area contributed by atoms with E-state index in [-0.39, 0.29) is 7.43 Å². The Bertz CT molecular complexity index is 1450. The summed E-state index contributed by atoms with van der Waals surface area (Å²) in [5.74, 6) is 4.05. The van der Waals surface area contributed by atoms with Crippen molar-refractivity contribution in [2.45, 2.75) is 40.8 Å². The second kappa shape index (κ2) is 14.2. The van der Waals surface area contributed by atoms with Gasteiger partial charge >= 0.3 is 0 Å². The Morgan fingerprint density at radius 3 is 2.10 bits per heavy atom. The van der Waals surface area contributed by atoms with Gasteiger partial charge in [-0.2, -0.15) is 0 Å². The lowest BCUT2D eigenvalue weighted by Crippen LogP contribution is -2.22. The molecule has 0 fully saturated rings. The lowest BCUT2D eigenvalue weighted by atomic mass is 10.1. The van der Waals surface area contributed by atoms with Crippen molar-refractivity contribution < 1.29 is 13.9 Å². The summed E-state index contributed by atoms with van der Waals surface area (Å²) in [7, 11) is 0. The molecule has 0 aliphatic heterocycles. The van der Waals surface area contributed by atoms with Gasteiger partial charge in [-0.15, -0.1) is 0 Å². The summed E-state index contributed by atoms with van der Waals surface area (Å²) in [6, 6.07) is 36.5. The molecule has 0 saturated carbocycles. The first-order chi connectivity index (χ1) is 19.2. The van der Waals surface area contributed by atoms with Crippen LogP contribution in [0.15, 0.2) is 114 Å². The van der Waals surface area contributed by atoms with Crippen LogP contribution >= 0.6 is 0 Å². The minimum Gasteiger partial charge on any atom is -0.493 e. The molecule has 0 atom stereocenters. The van der Waals surface area contributed by atoms with Gasteiger partial charge in [0.05, 0.1) is 12.3 Å². The molecule has 5 aromatic rings. The normalized spacial score (nSPS) is 10.8. The van der Waals surface area contributed by atoms with Crippen LogP contribution in [0.1, 0.15) is 36.9 Å². The molecule has 0 N–H and O–H groups in total. The zero-order valence-electron chi connectivity index (χ0n) is 22.5. The highest BCUT2D eigenvalue weighted by Gasteiger charge is 2.12. The van der Waals surface area contributed by atoms with Gasteiger partial charge in [0.2, 0.25) is 5.89 Å². The summed E-state index contributed by atoms with van der Waals surface area (Å²) in [6.45, 7) is 7.35. The predicted octanol–water partition coefficient (Wildman–Crippen LogP) is 8.72. The van der Waals surface area contributed by atoms with E-state index in [2.05, 4.69) is 47.1 Å². The van der Waals surface area contributed by atoms with Crippen molar-refractivity contribution >= 4 is 0 Å². The fraction of sp³-hybridized carbons (Fsp3) is 0.229. The largest absolute Gasteiger partial charge is 0.493 e. The van der Waals surface area contributed by atoms with Gasteiger partial charge in [-0.05, 0) is 73.1 Å². The third-order valence-corrected chi connectivity index (χ3v) is 6.58. The van der Waals surface area contributed by atoms with Gasteiger partial charge in [0.25, 0.3) is 0 Å². The predicted molar refractivity (Wildman–Crippen MR) is 162 cm³/mol. The van der Waals surface area contributed by atoms with Crippen LogP contribution in [0.5, 0.6) is 17.2 Å².